The molecule has 2 rings (SSSR count). The van der Waals surface area contributed by atoms with Crippen molar-refractivity contribution < 1.29 is 0 Å². The van der Waals surface area contributed by atoms with E-state index in [1.807, 2.05) is 0 Å². The lowest BCUT2D eigenvalue weighted by Crippen LogP contribution is -2.56. The highest BCUT2D eigenvalue weighted by atomic mass is 15.2. The molecule has 1 aromatic carbocycles. The molecule has 1 aliphatic heterocycles. The second-order valence-corrected chi connectivity index (χ2v) is 5.77. The summed E-state index contributed by atoms with van der Waals surface area (Å²) in [5.41, 5.74) is 1.47. The number of rotatable bonds is 5. The van der Waals surface area contributed by atoms with Crippen LogP contribution in [-0.2, 0) is 0 Å². The fourth-order valence-electron chi connectivity index (χ4n) is 3.27. The Morgan fingerprint density at radius 1 is 1.26 bits per heavy atom. The molecular weight excluding hydrogens is 232 g/mol. The van der Waals surface area contributed by atoms with E-state index in [9.17, 15) is 0 Å². The Morgan fingerprint density at radius 3 is 2.63 bits per heavy atom. The van der Waals surface area contributed by atoms with Gasteiger partial charge in [-0.2, -0.15) is 0 Å². The number of nitrogens with zero attached hydrogens (tertiary/aromatic N) is 1. The van der Waals surface area contributed by atoms with E-state index in [0.717, 1.165) is 6.54 Å². The first-order valence-electron chi connectivity index (χ1n) is 7.80. The molecule has 0 amide bonds. The Hall–Kier alpha value is -0.860. The van der Waals surface area contributed by atoms with Gasteiger partial charge in [-0.25, -0.2) is 0 Å². The normalized spacial score (nSPS) is 26.3. The van der Waals surface area contributed by atoms with E-state index in [2.05, 4.69) is 61.3 Å². The van der Waals surface area contributed by atoms with Crippen LogP contribution in [0.4, 0.5) is 0 Å². The van der Waals surface area contributed by atoms with Gasteiger partial charge in [-0.05, 0) is 25.3 Å². The van der Waals surface area contributed by atoms with Gasteiger partial charge in [0, 0.05) is 31.2 Å². The van der Waals surface area contributed by atoms with Crippen LogP contribution in [0.15, 0.2) is 30.3 Å². The van der Waals surface area contributed by atoms with Crippen LogP contribution in [0.5, 0.6) is 0 Å². The fourth-order valence-corrected chi connectivity index (χ4v) is 3.27. The summed E-state index contributed by atoms with van der Waals surface area (Å²) in [6.45, 7) is 9.23. The summed E-state index contributed by atoms with van der Waals surface area (Å²) in [6.07, 6.45) is 3.74. The molecule has 1 N–H and O–H groups in total. The maximum atomic E-state index is 3.69. The van der Waals surface area contributed by atoms with Crippen LogP contribution >= 0.6 is 0 Å². The highest BCUT2D eigenvalue weighted by molar-refractivity contribution is 5.19. The van der Waals surface area contributed by atoms with Crippen LogP contribution in [-0.4, -0.2) is 30.1 Å². The van der Waals surface area contributed by atoms with Crippen molar-refractivity contribution in [2.45, 2.75) is 58.2 Å². The third-order valence-corrected chi connectivity index (χ3v) is 4.31. The minimum atomic E-state index is 0.567. The van der Waals surface area contributed by atoms with Gasteiger partial charge in [-0.3, -0.25) is 4.90 Å². The molecule has 0 aromatic heterocycles. The molecule has 1 saturated heterocycles. The largest absolute Gasteiger partial charge is 0.311 e. The Balaban J connectivity index is 2.12. The number of hydrogen-bond acceptors (Lipinski definition) is 2. The summed E-state index contributed by atoms with van der Waals surface area (Å²) in [4.78, 5) is 2.70. The number of hydrogen-bond donors (Lipinski definition) is 1. The van der Waals surface area contributed by atoms with Crippen molar-refractivity contribution in [3.8, 4) is 0 Å². The lowest BCUT2D eigenvalue weighted by Gasteiger charge is -2.43. The predicted molar refractivity (Wildman–Crippen MR) is 82.3 cm³/mol. The second-order valence-electron chi connectivity index (χ2n) is 5.77. The van der Waals surface area contributed by atoms with Gasteiger partial charge in [0.05, 0.1) is 0 Å². The van der Waals surface area contributed by atoms with E-state index >= 15 is 0 Å². The van der Waals surface area contributed by atoms with Crippen LogP contribution in [0, 0.1) is 0 Å². The molecule has 0 saturated carbocycles. The number of nitrogens with one attached hydrogen (secondary N) is 1. The van der Waals surface area contributed by atoms with Gasteiger partial charge in [-0.1, -0.05) is 50.6 Å². The van der Waals surface area contributed by atoms with Crippen LogP contribution in [0.3, 0.4) is 0 Å². The molecule has 19 heavy (non-hydrogen) atoms. The smallest absolute Gasteiger partial charge is 0.0349 e. The van der Waals surface area contributed by atoms with Gasteiger partial charge in [-0.15, -0.1) is 0 Å². The number of benzene rings is 1. The molecule has 0 spiro atoms. The van der Waals surface area contributed by atoms with Gasteiger partial charge >= 0.3 is 0 Å². The topological polar surface area (TPSA) is 15.3 Å². The lowest BCUT2D eigenvalue weighted by molar-refractivity contribution is 0.0852. The van der Waals surface area contributed by atoms with Gasteiger partial charge in [0.25, 0.3) is 0 Å². The SMILES string of the molecule is CCCC1CN(C(CC)c2ccccc2)C(C)CN1. The highest BCUT2D eigenvalue weighted by Crippen LogP contribution is 2.28. The van der Waals surface area contributed by atoms with E-state index in [1.165, 1.54) is 31.4 Å². The first-order valence-corrected chi connectivity index (χ1v) is 7.80. The summed E-state index contributed by atoms with van der Waals surface area (Å²) in [7, 11) is 0. The Morgan fingerprint density at radius 2 is 2.00 bits per heavy atom. The van der Waals surface area contributed by atoms with E-state index in [0.29, 0.717) is 18.1 Å². The van der Waals surface area contributed by atoms with Crippen molar-refractivity contribution >= 4 is 0 Å². The molecule has 3 atom stereocenters. The summed E-state index contributed by atoms with van der Waals surface area (Å²) in [5.74, 6) is 0. The average molecular weight is 260 g/mol. The minimum absolute atomic E-state index is 0.567. The standard InChI is InChI=1S/C17H28N2/c1-4-9-16-13-19(14(3)12-18-16)17(5-2)15-10-7-6-8-11-15/h6-8,10-11,14,16-18H,4-5,9,12-13H2,1-3H3. The number of piperazine rings is 1. The molecule has 1 heterocycles. The average Bonchev–Trinajstić information content (AvgIpc) is 2.44. The predicted octanol–water partition coefficient (Wildman–Crippen LogP) is 3.60. The summed E-state index contributed by atoms with van der Waals surface area (Å²) in [5, 5.41) is 3.69. The minimum Gasteiger partial charge on any atom is -0.311 e. The molecule has 3 unspecified atom stereocenters. The zero-order chi connectivity index (χ0) is 13.7. The van der Waals surface area contributed by atoms with E-state index in [4.69, 9.17) is 0 Å². The zero-order valence-electron chi connectivity index (χ0n) is 12.6. The molecule has 2 nitrogen and oxygen atoms in total. The third kappa shape index (κ3) is 3.58. The summed E-state index contributed by atoms with van der Waals surface area (Å²) >= 11 is 0. The van der Waals surface area contributed by atoms with Crippen LogP contribution < -0.4 is 5.32 Å². The quantitative estimate of drug-likeness (QED) is 0.870. The highest BCUT2D eigenvalue weighted by Gasteiger charge is 2.29. The molecular formula is C17H28N2. The van der Waals surface area contributed by atoms with E-state index in [1.54, 1.807) is 0 Å². The fraction of sp³-hybridized carbons (Fsp3) is 0.647. The van der Waals surface area contributed by atoms with Crippen molar-refractivity contribution in [1.29, 1.82) is 0 Å². The molecule has 0 radical (unpaired) electrons. The van der Waals surface area contributed by atoms with Gasteiger partial charge in [0.1, 0.15) is 0 Å². The third-order valence-electron chi connectivity index (χ3n) is 4.31. The Bertz CT molecular complexity index is 363. The lowest BCUT2D eigenvalue weighted by atomic mass is 9.97. The Labute approximate surface area is 118 Å². The summed E-state index contributed by atoms with van der Waals surface area (Å²) in [6, 6.07) is 12.8. The molecule has 1 aromatic rings. The Kier molecular flexibility index (Phi) is 5.41. The van der Waals surface area contributed by atoms with E-state index < -0.39 is 0 Å². The van der Waals surface area contributed by atoms with Gasteiger partial charge in [0.2, 0.25) is 0 Å². The van der Waals surface area contributed by atoms with E-state index in [-0.39, 0.29) is 0 Å². The maximum Gasteiger partial charge on any atom is 0.0349 e. The molecule has 1 fully saturated rings. The molecule has 1 aliphatic rings. The molecule has 0 bridgehead atoms. The van der Waals surface area contributed by atoms with Crippen LogP contribution in [0.2, 0.25) is 0 Å². The molecule has 2 heteroatoms. The maximum absolute atomic E-state index is 3.69. The molecule has 0 aliphatic carbocycles. The first kappa shape index (κ1) is 14.5. The van der Waals surface area contributed by atoms with Crippen molar-refractivity contribution in [1.82, 2.24) is 10.2 Å². The van der Waals surface area contributed by atoms with Crippen molar-refractivity contribution in [3.63, 3.8) is 0 Å². The van der Waals surface area contributed by atoms with Gasteiger partial charge in [0.15, 0.2) is 0 Å². The van der Waals surface area contributed by atoms with Gasteiger partial charge < -0.3 is 5.32 Å². The van der Waals surface area contributed by atoms with Crippen LogP contribution in [0.25, 0.3) is 0 Å². The van der Waals surface area contributed by atoms with Crippen LogP contribution in [0.1, 0.15) is 51.6 Å². The molecule has 106 valence electrons. The monoisotopic (exact) mass is 260 g/mol. The van der Waals surface area contributed by atoms with Crippen molar-refractivity contribution in [2.24, 2.45) is 0 Å². The first-order chi connectivity index (χ1) is 9.26. The zero-order valence-corrected chi connectivity index (χ0v) is 12.6. The second kappa shape index (κ2) is 7.06. The van der Waals surface area contributed by atoms with Crippen molar-refractivity contribution in [3.05, 3.63) is 35.9 Å². The van der Waals surface area contributed by atoms with Crippen molar-refractivity contribution in [2.75, 3.05) is 13.1 Å². The summed E-state index contributed by atoms with van der Waals surface area (Å²) < 4.78 is 0.